The average Bonchev–Trinajstić information content (AvgIpc) is 2.68. The second-order valence-electron chi connectivity index (χ2n) is 13.2. The molecule has 2 aromatic rings. The Balaban J connectivity index is 2.06. The molecule has 0 aliphatic rings. The molecule has 0 fully saturated rings. The summed E-state index contributed by atoms with van der Waals surface area (Å²) in [7, 11) is 10.5. The highest BCUT2D eigenvalue weighted by Gasteiger charge is 2.28. The van der Waals surface area contributed by atoms with Gasteiger partial charge in [0.1, 0.15) is 11.5 Å². The van der Waals surface area contributed by atoms with Crippen molar-refractivity contribution < 1.29 is 10.2 Å². The monoisotopic (exact) mass is 602 g/mol. The van der Waals surface area contributed by atoms with Gasteiger partial charge in [-0.1, -0.05) is 83.1 Å². The topological polar surface area (TPSA) is 40.5 Å². The predicted octanol–water partition coefficient (Wildman–Crippen LogP) is 11.7. The second-order valence-corrected chi connectivity index (χ2v) is 22.5. The number of phenols is 2. The number of hydrogen-bond acceptors (Lipinski definition) is 8. The van der Waals surface area contributed by atoms with Crippen molar-refractivity contribution in [1.29, 1.82) is 0 Å². The molecule has 202 valence electrons. The first-order valence-electron chi connectivity index (χ1n) is 12.0. The van der Waals surface area contributed by atoms with E-state index in [0.29, 0.717) is 11.5 Å². The summed E-state index contributed by atoms with van der Waals surface area (Å²) in [5, 5.41) is 21.9. The lowest BCUT2D eigenvalue weighted by Crippen LogP contribution is -2.17. The Bertz CT molecular complexity index is 898. The Kier molecular flexibility index (Phi) is 10.9. The Labute approximate surface area is 242 Å². The van der Waals surface area contributed by atoms with Gasteiger partial charge in [-0.3, -0.25) is 0 Å². The van der Waals surface area contributed by atoms with E-state index in [2.05, 4.69) is 107 Å². The molecule has 0 atom stereocenters. The molecule has 0 aromatic heterocycles. The van der Waals surface area contributed by atoms with Gasteiger partial charge in [0.2, 0.25) is 0 Å². The van der Waals surface area contributed by atoms with Crippen LogP contribution < -0.4 is 0 Å². The Morgan fingerprint density at radius 2 is 0.639 bits per heavy atom. The molecule has 8 heteroatoms. The summed E-state index contributed by atoms with van der Waals surface area (Å²) in [6, 6.07) is 8.53. The molecule has 2 rings (SSSR count). The van der Waals surface area contributed by atoms with Crippen LogP contribution in [0.25, 0.3) is 0 Å². The lowest BCUT2D eigenvalue weighted by atomic mass is 9.79. The van der Waals surface area contributed by atoms with Gasteiger partial charge in [-0.2, -0.15) is 0 Å². The van der Waals surface area contributed by atoms with Crippen LogP contribution in [0.2, 0.25) is 0 Å². The quantitative estimate of drug-likeness (QED) is 0.239. The number of benzene rings is 2. The van der Waals surface area contributed by atoms with Crippen LogP contribution in [0.3, 0.4) is 0 Å². The zero-order chi connectivity index (χ0) is 27.7. The molecule has 0 heterocycles. The fourth-order valence-electron chi connectivity index (χ4n) is 3.73. The van der Waals surface area contributed by atoms with Gasteiger partial charge in [0.15, 0.2) is 0 Å². The van der Waals surface area contributed by atoms with E-state index in [1.165, 1.54) is 9.79 Å². The maximum absolute atomic E-state index is 10.9. The Hall–Kier alpha value is 0.140. The van der Waals surface area contributed by atoms with E-state index < -0.39 is 0 Å². The fraction of sp³-hybridized carbons (Fsp3) is 0.571. The van der Waals surface area contributed by atoms with E-state index in [1.54, 1.807) is 60.9 Å². The molecule has 0 amide bonds. The van der Waals surface area contributed by atoms with Crippen molar-refractivity contribution in [2.45, 2.75) is 115 Å². The summed E-state index contributed by atoms with van der Waals surface area (Å²) in [5.41, 5.74) is 3.50. The van der Waals surface area contributed by atoms with Gasteiger partial charge in [-0.05, 0) is 107 Å². The van der Waals surface area contributed by atoms with E-state index in [-0.39, 0.29) is 21.7 Å². The molecular weight excluding hydrogens is 561 g/mol. The van der Waals surface area contributed by atoms with Crippen molar-refractivity contribution in [2.24, 2.45) is 0 Å². The molecular formula is C28H42O2S6. The van der Waals surface area contributed by atoms with E-state index in [1.807, 2.05) is 0 Å². The first-order chi connectivity index (χ1) is 16.2. The third-order valence-corrected chi connectivity index (χ3v) is 16.2. The predicted molar refractivity (Wildman–Crippen MR) is 173 cm³/mol. The molecule has 2 nitrogen and oxygen atoms in total. The molecule has 0 aliphatic carbocycles. The van der Waals surface area contributed by atoms with Crippen LogP contribution in [0.15, 0.2) is 34.1 Å². The average molecular weight is 603 g/mol. The van der Waals surface area contributed by atoms with Crippen LogP contribution in [0.1, 0.15) is 105 Å². The molecule has 0 aliphatic heterocycles. The minimum atomic E-state index is -0.123. The lowest BCUT2D eigenvalue weighted by Gasteiger charge is -2.28. The minimum absolute atomic E-state index is 0.123. The standard InChI is InChI=1S/C28H42O2S6/c1-25(2,3)19-13-17(14-20(23(19)29)26(4,5)6)31-33-35-36-34-32-18-15-21(27(7,8)9)24(30)22(16-18)28(10,11)12/h13-16,29-30H,1-12H3. The van der Waals surface area contributed by atoms with Crippen molar-refractivity contribution in [1.82, 2.24) is 0 Å². The molecule has 0 saturated carbocycles. The number of hydrogen-bond donors (Lipinski definition) is 2. The molecule has 0 unspecified atom stereocenters. The molecule has 0 spiro atoms. The molecule has 2 aromatic carbocycles. The first kappa shape index (κ1) is 32.4. The van der Waals surface area contributed by atoms with E-state index in [9.17, 15) is 10.2 Å². The first-order valence-corrected chi connectivity index (χ1v) is 19.5. The summed E-state index contributed by atoms with van der Waals surface area (Å²) >= 11 is 0. The summed E-state index contributed by atoms with van der Waals surface area (Å²) < 4.78 is 0. The van der Waals surface area contributed by atoms with Crippen LogP contribution >= 0.6 is 60.9 Å². The fourth-order valence-corrected chi connectivity index (χ4v) is 14.7. The van der Waals surface area contributed by atoms with Gasteiger partial charge in [0.25, 0.3) is 0 Å². The number of phenolic OH excluding ortho intramolecular Hbond substituents is 2. The zero-order valence-corrected chi connectivity index (χ0v) is 28.6. The van der Waals surface area contributed by atoms with Gasteiger partial charge in [-0.25, -0.2) is 0 Å². The van der Waals surface area contributed by atoms with Crippen molar-refractivity contribution in [2.75, 3.05) is 0 Å². The maximum atomic E-state index is 10.9. The summed E-state index contributed by atoms with van der Waals surface area (Å²) in [6.07, 6.45) is 0. The highest BCUT2D eigenvalue weighted by molar-refractivity contribution is 9.41. The van der Waals surface area contributed by atoms with Crippen molar-refractivity contribution >= 4 is 60.9 Å². The van der Waals surface area contributed by atoms with Gasteiger partial charge >= 0.3 is 0 Å². The highest BCUT2D eigenvalue weighted by Crippen LogP contribution is 2.57. The van der Waals surface area contributed by atoms with Crippen LogP contribution in [0.5, 0.6) is 11.5 Å². The van der Waals surface area contributed by atoms with Gasteiger partial charge in [-0.15, -0.1) is 0 Å². The van der Waals surface area contributed by atoms with Crippen LogP contribution in [0, 0.1) is 0 Å². The number of rotatable bonds is 7. The van der Waals surface area contributed by atoms with Crippen LogP contribution in [-0.2, 0) is 21.7 Å². The van der Waals surface area contributed by atoms with Gasteiger partial charge in [0, 0.05) is 32.0 Å². The van der Waals surface area contributed by atoms with E-state index in [0.717, 1.165) is 22.3 Å². The second kappa shape index (κ2) is 12.1. The molecule has 2 N–H and O–H groups in total. The minimum Gasteiger partial charge on any atom is -0.507 e. The summed E-state index contributed by atoms with van der Waals surface area (Å²) in [5.74, 6) is 0.855. The summed E-state index contributed by atoms with van der Waals surface area (Å²) in [4.78, 5) is 2.34. The largest absolute Gasteiger partial charge is 0.507 e. The number of aromatic hydroxyl groups is 2. The summed E-state index contributed by atoms with van der Waals surface area (Å²) in [6.45, 7) is 25.8. The van der Waals surface area contributed by atoms with Crippen LogP contribution in [-0.4, -0.2) is 10.2 Å². The third-order valence-electron chi connectivity index (χ3n) is 5.74. The lowest BCUT2D eigenvalue weighted by molar-refractivity contribution is 0.421. The Morgan fingerprint density at radius 1 is 0.417 bits per heavy atom. The normalized spacial score (nSPS) is 13.3. The van der Waals surface area contributed by atoms with Gasteiger partial charge in [0.05, 0.1) is 0 Å². The smallest absolute Gasteiger partial charge is 0.123 e. The maximum Gasteiger partial charge on any atom is 0.123 e. The van der Waals surface area contributed by atoms with E-state index in [4.69, 9.17) is 0 Å². The molecule has 0 saturated heterocycles. The molecule has 0 bridgehead atoms. The molecule has 36 heavy (non-hydrogen) atoms. The third kappa shape index (κ3) is 8.84. The zero-order valence-electron chi connectivity index (χ0n) is 23.7. The van der Waals surface area contributed by atoms with Crippen molar-refractivity contribution in [3.63, 3.8) is 0 Å². The highest BCUT2D eigenvalue weighted by atomic mass is 33.9. The van der Waals surface area contributed by atoms with Crippen molar-refractivity contribution in [3.05, 3.63) is 46.5 Å². The van der Waals surface area contributed by atoms with Crippen molar-refractivity contribution in [3.8, 4) is 11.5 Å². The Morgan fingerprint density at radius 3 is 0.833 bits per heavy atom. The van der Waals surface area contributed by atoms with E-state index >= 15 is 0 Å². The molecule has 0 radical (unpaired) electrons. The SMILES string of the molecule is CC(C)(C)c1cc(SSSSSSc2cc(C(C)(C)C)c(O)c(C(C)(C)C)c2)cc(C(C)(C)C)c1O. The van der Waals surface area contributed by atoms with Gasteiger partial charge < -0.3 is 10.2 Å². The van der Waals surface area contributed by atoms with Crippen LogP contribution in [0.4, 0.5) is 0 Å².